The van der Waals surface area contributed by atoms with Crippen molar-refractivity contribution in [1.82, 2.24) is 5.32 Å². The highest BCUT2D eigenvalue weighted by Crippen LogP contribution is 2.09. The third-order valence-corrected chi connectivity index (χ3v) is 2.30. The molecule has 0 amide bonds. The van der Waals surface area contributed by atoms with Crippen LogP contribution in [0.2, 0.25) is 0 Å². The zero-order valence-electron chi connectivity index (χ0n) is 9.05. The van der Waals surface area contributed by atoms with Gasteiger partial charge in [0.1, 0.15) is 5.76 Å². The zero-order valence-corrected chi connectivity index (χ0v) is 9.05. The maximum Gasteiger partial charge on any atom is 0.103 e. The molecular formula is C12H19NO. The van der Waals surface area contributed by atoms with Crippen LogP contribution in [0.4, 0.5) is 0 Å². The van der Waals surface area contributed by atoms with Crippen molar-refractivity contribution in [3.05, 3.63) is 36.3 Å². The fourth-order valence-electron chi connectivity index (χ4n) is 1.51. The summed E-state index contributed by atoms with van der Waals surface area (Å²) >= 11 is 0. The van der Waals surface area contributed by atoms with Gasteiger partial charge >= 0.3 is 0 Å². The molecule has 0 bridgehead atoms. The van der Waals surface area contributed by atoms with Gasteiger partial charge in [-0.25, -0.2) is 0 Å². The summed E-state index contributed by atoms with van der Waals surface area (Å²) in [6.45, 7) is 9.14. The molecule has 78 valence electrons. The van der Waals surface area contributed by atoms with Gasteiger partial charge in [-0.15, -0.1) is 0 Å². The van der Waals surface area contributed by atoms with Gasteiger partial charge in [0.2, 0.25) is 0 Å². The Morgan fingerprint density at radius 1 is 1.64 bits per heavy atom. The lowest BCUT2D eigenvalue weighted by molar-refractivity contribution is 0.474. The second kappa shape index (κ2) is 5.66. The summed E-state index contributed by atoms with van der Waals surface area (Å²) in [7, 11) is 0. The molecule has 2 heteroatoms. The van der Waals surface area contributed by atoms with Crippen LogP contribution in [0.5, 0.6) is 0 Å². The maximum absolute atomic E-state index is 5.28. The topological polar surface area (TPSA) is 25.2 Å². The Morgan fingerprint density at radius 2 is 2.43 bits per heavy atom. The summed E-state index contributed by atoms with van der Waals surface area (Å²) in [5.41, 5.74) is 1.19. The van der Waals surface area contributed by atoms with Gasteiger partial charge in [0, 0.05) is 12.5 Å². The Hall–Kier alpha value is -1.02. The largest absolute Gasteiger partial charge is 0.469 e. The van der Waals surface area contributed by atoms with E-state index < -0.39 is 0 Å². The molecule has 2 nitrogen and oxygen atoms in total. The van der Waals surface area contributed by atoms with E-state index in [1.54, 1.807) is 6.26 Å². The highest BCUT2D eigenvalue weighted by molar-refractivity contribution is 5.05. The second-order valence-corrected chi connectivity index (χ2v) is 3.57. The van der Waals surface area contributed by atoms with Crippen LogP contribution in [0.3, 0.4) is 0 Å². The van der Waals surface area contributed by atoms with Crippen molar-refractivity contribution in [3.8, 4) is 0 Å². The first kappa shape index (κ1) is 11.1. The van der Waals surface area contributed by atoms with Gasteiger partial charge in [-0.3, -0.25) is 0 Å². The van der Waals surface area contributed by atoms with Crippen molar-refractivity contribution >= 4 is 0 Å². The van der Waals surface area contributed by atoms with Crippen molar-refractivity contribution in [2.75, 3.05) is 6.54 Å². The summed E-state index contributed by atoms with van der Waals surface area (Å²) in [4.78, 5) is 0. The fraction of sp³-hybridized carbons (Fsp3) is 0.500. The average Bonchev–Trinajstić information content (AvgIpc) is 2.64. The zero-order chi connectivity index (χ0) is 10.4. The Kier molecular flexibility index (Phi) is 4.47. The molecule has 0 spiro atoms. The molecule has 1 unspecified atom stereocenters. The summed E-state index contributed by atoms with van der Waals surface area (Å²) in [6, 6.07) is 4.35. The van der Waals surface area contributed by atoms with Gasteiger partial charge in [-0.2, -0.15) is 0 Å². The van der Waals surface area contributed by atoms with Crippen molar-refractivity contribution in [2.45, 2.75) is 32.7 Å². The smallest absolute Gasteiger partial charge is 0.103 e. The van der Waals surface area contributed by atoms with Crippen molar-refractivity contribution < 1.29 is 4.42 Å². The van der Waals surface area contributed by atoms with E-state index in [-0.39, 0.29) is 0 Å². The highest BCUT2D eigenvalue weighted by Gasteiger charge is 2.08. The fourth-order valence-corrected chi connectivity index (χ4v) is 1.51. The first-order valence-corrected chi connectivity index (χ1v) is 5.15. The third-order valence-electron chi connectivity index (χ3n) is 2.30. The molecule has 1 aromatic heterocycles. The van der Waals surface area contributed by atoms with Gasteiger partial charge in [-0.1, -0.05) is 19.1 Å². The summed E-state index contributed by atoms with van der Waals surface area (Å²) in [6.07, 6.45) is 3.74. The normalized spacial score (nSPS) is 12.7. The standard InChI is InChI=1S/C12H19NO/c1-4-13-12(10(2)3)8-7-11-6-5-9-14-11/h5-6,9,12-13H,2,4,7-8H2,1,3H3. The molecule has 0 fully saturated rings. The van der Waals surface area contributed by atoms with E-state index in [9.17, 15) is 0 Å². The van der Waals surface area contributed by atoms with Crippen LogP contribution >= 0.6 is 0 Å². The monoisotopic (exact) mass is 193 g/mol. The van der Waals surface area contributed by atoms with Crippen LogP contribution in [-0.2, 0) is 6.42 Å². The SMILES string of the molecule is C=C(C)C(CCc1ccco1)NCC. The molecular weight excluding hydrogens is 174 g/mol. The summed E-state index contributed by atoms with van der Waals surface area (Å²) in [5.74, 6) is 1.05. The van der Waals surface area contributed by atoms with Crippen LogP contribution < -0.4 is 5.32 Å². The van der Waals surface area contributed by atoms with Crippen molar-refractivity contribution in [3.63, 3.8) is 0 Å². The van der Waals surface area contributed by atoms with Crippen LogP contribution in [0, 0.1) is 0 Å². The number of furan rings is 1. The Bertz CT molecular complexity index is 264. The minimum Gasteiger partial charge on any atom is -0.469 e. The highest BCUT2D eigenvalue weighted by atomic mass is 16.3. The Labute approximate surface area is 86.0 Å². The number of rotatable bonds is 6. The van der Waals surface area contributed by atoms with Gasteiger partial charge in [0.15, 0.2) is 0 Å². The van der Waals surface area contributed by atoms with Crippen LogP contribution in [0.25, 0.3) is 0 Å². The van der Waals surface area contributed by atoms with E-state index in [2.05, 4.69) is 25.7 Å². The minimum atomic E-state index is 0.407. The Balaban J connectivity index is 2.37. The van der Waals surface area contributed by atoms with Gasteiger partial charge < -0.3 is 9.73 Å². The molecule has 1 N–H and O–H groups in total. The molecule has 1 rings (SSSR count). The van der Waals surface area contributed by atoms with Crippen molar-refractivity contribution in [1.29, 1.82) is 0 Å². The molecule has 14 heavy (non-hydrogen) atoms. The predicted molar refractivity (Wildman–Crippen MR) is 59.3 cm³/mol. The van der Waals surface area contributed by atoms with E-state index in [4.69, 9.17) is 4.42 Å². The summed E-state index contributed by atoms with van der Waals surface area (Å²) < 4.78 is 5.28. The van der Waals surface area contributed by atoms with Crippen LogP contribution in [0.1, 0.15) is 26.0 Å². The second-order valence-electron chi connectivity index (χ2n) is 3.57. The first-order valence-electron chi connectivity index (χ1n) is 5.15. The van der Waals surface area contributed by atoms with Crippen molar-refractivity contribution in [2.24, 2.45) is 0 Å². The molecule has 0 aliphatic heterocycles. The van der Waals surface area contributed by atoms with E-state index in [0.717, 1.165) is 25.1 Å². The lowest BCUT2D eigenvalue weighted by Gasteiger charge is -2.16. The maximum atomic E-state index is 5.28. The van der Waals surface area contributed by atoms with Gasteiger partial charge in [0.05, 0.1) is 6.26 Å². The van der Waals surface area contributed by atoms with E-state index in [0.29, 0.717) is 6.04 Å². The third kappa shape index (κ3) is 3.38. The Morgan fingerprint density at radius 3 is 2.93 bits per heavy atom. The lowest BCUT2D eigenvalue weighted by atomic mass is 10.0. The molecule has 0 saturated heterocycles. The number of hydrogen-bond acceptors (Lipinski definition) is 2. The molecule has 1 aromatic rings. The van der Waals surface area contributed by atoms with E-state index >= 15 is 0 Å². The lowest BCUT2D eigenvalue weighted by Crippen LogP contribution is -2.30. The quantitative estimate of drug-likeness (QED) is 0.703. The molecule has 0 radical (unpaired) electrons. The van der Waals surface area contributed by atoms with Gasteiger partial charge in [-0.05, 0) is 32.0 Å². The average molecular weight is 193 g/mol. The first-order chi connectivity index (χ1) is 6.74. The molecule has 1 heterocycles. The molecule has 0 aliphatic carbocycles. The van der Waals surface area contributed by atoms with Crippen LogP contribution in [-0.4, -0.2) is 12.6 Å². The number of aryl methyl sites for hydroxylation is 1. The summed E-state index contributed by atoms with van der Waals surface area (Å²) in [5, 5.41) is 3.40. The molecule has 0 saturated carbocycles. The van der Waals surface area contributed by atoms with E-state index in [1.807, 2.05) is 12.1 Å². The molecule has 0 aliphatic rings. The minimum absolute atomic E-state index is 0.407. The number of nitrogens with one attached hydrogen (secondary N) is 1. The van der Waals surface area contributed by atoms with Crippen LogP contribution in [0.15, 0.2) is 35.0 Å². The predicted octanol–water partition coefficient (Wildman–Crippen LogP) is 2.77. The molecule has 0 aromatic carbocycles. The van der Waals surface area contributed by atoms with E-state index in [1.165, 1.54) is 5.57 Å². The molecule has 1 atom stereocenters. The van der Waals surface area contributed by atoms with Gasteiger partial charge in [0.25, 0.3) is 0 Å². The number of likely N-dealkylation sites (N-methyl/N-ethyl adjacent to an activating group) is 1. The number of hydrogen-bond donors (Lipinski definition) is 1.